The molecule has 170 valence electrons. The molecular weight excluding hydrogens is 404 g/mol. The average Bonchev–Trinajstić information content (AvgIpc) is 2.81. The summed E-state index contributed by atoms with van der Waals surface area (Å²) in [5, 5.41) is 0. The third kappa shape index (κ3) is 4.76. The van der Waals surface area contributed by atoms with Crippen LogP contribution < -0.4 is 4.74 Å². The van der Waals surface area contributed by atoms with Crippen molar-refractivity contribution in [1.29, 1.82) is 0 Å². The van der Waals surface area contributed by atoms with Crippen LogP contribution in [0.5, 0.6) is 5.75 Å². The minimum absolute atomic E-state index is 0.214. The van der Waals surface area contributed by atoms with Gasteiger partial charge in [-0.25, -0.2) is 4.79 Å². The van der Waals surface area contributed by atoms with Gasteiger partial charge in [0.1, 0.15) is 5.75 Å². The van der Waals surface area contributed by atoms with Crippen LogP contribution in [0.25, 0.3) is 12.2 Å². The minimum atomic E-state index is -0.279. The first kappa shape index (κ1) is 21.9. The van der Waals surface area contributed by atoms with E-state index < -0.39 is 0 Å². The number of rotatable bonds is 7. The van der Waals surface area contributed by atoms with E-state index in [0.717, 1.165) is 35.7 Å². The number of allylic oxidation sites excluding steroid dienone is 2. The third-order valence-corrected chi connectivity index (χ3v) is 8.46. The van der Waals surface area contributed by atoms with Gasteiger partial charge in [-0.1, -0.05) is 80.3 Å². The van der Waals surface area contributed by atoms with E-state index in [2.05, 4.69) is 31.7 Å². The van der Waals surface area contributed by atoms with Gasteiger partial charge in [0.05, 0.1) is 0 Å². The summed E-state index contributed by atoms with van der Waals surface area (Å²) in [6, 6.07) is 17.9. The van der Waals surface area contributed by atoms with Crippen LogP contribution in [0, 0.1) is 29.1 Å². The summed E-state index contributed by atoms with van der Waals surface area (Å²) in [6.07, 6.45) is 15.8. The lowest BCUT2D eigenvalue weighted by Crippen LogP contribution is -2.51. The molecule has 0 unspecified atom stereocenters. The van der Waals surface area contributed by atoms with E-state index in [1.165, 1.54) is 37.7 Å². The molecule has 0 radical (unpaired) electrons. The van der Waals surface area contributed by atoms with E-state index in [-0.39, 0.29) is 11.4 Å². The Morgan fingerprint density at radius 2 is 1.42 bits per heavy atom. The highest BCUT2D eigenvalue weighted by Gasteiger charge is 2.54. The normalized spacial score (nSPS) is 30.2. The summed E-state index contributed by atoms with van der Waals surface area (Å²) in [7, 11) is 0. The summed E-state index contributed by atoms with van der Waals surface area (Å²) >= 11 is 0. The monoisotopic (exact) mass is 438 g/mol. The molecule has 33 heavy (non-hydrogen) atoms. The predicted octanol–water partition coefficient (Wildman–Crippen LogP) is 7.73. The van der Waals surface area contributed by atoms with Crippen molar-refractivity contribution < 1.29 is 9.53 Å². The number of benzene rings is 2. The Balaban J connectivity index is 1.15. The van der Waals surface area contributed by atoms with Gasteiger partial charge < -0.3 is 4.74 Å². The molecule has 4 saturated carbocycles. The van der Waals surface area contributed by atoms with Crippen LogP contribution in [-0.4, -0.2) is 5.97 Å². The van der Waals surface area contributed by atoms with Crippen molar-refractivity contribution in [3.63, 3.8) is 0 Å². The Hall–Kier alpha value is -2.87. The molecule has 0 aromatic heterocycles. The van der Waals surface area contributed by atoms with Crippen molar-refractivity contribution in [2.75, 3.05) is 0 Å². The van der Waals surface area contributed by atoms with Crippen LogP contribution in [0.4, 0.5) is 0 Å². The van der Waals surface area contributed by atoms with Crippen LogP contribution in [-0.2, 0) is 4.79 Å². The lowest BCUT2D eigenvalue weighted by atomic mass is 9.45. The number of ether oxygens (including phenoxy) is 1. The zero-order valence-electron chi connectivity index (χ0n) is 19.6. The molecule has 0 atom stereocenters. The summed E-state index contributed by atoms with van der Waals surface area (Å²) in [5.74, 6) is 3.66. The molecule has 2 aromatic carbocycles. The summed E-state index contributed by atoms with van der Waals surface area (Å²) in [5.41, 5.74) is 3.07. The first-order valence-corrected chi connectivity index (χ1v) is 12.4. The van der Waals surface area contributed by atoms with E-state index in [1.54, 1.807) is 0 Å². The van der Waals surface area contributed by atoms with Crippen molar-refractivity contribution in [2.24, 2.45) is 29.1 Å². The zero-order chi connectivity index (χ0) is 22.8. The SMILES string of the molecule is C=C(CC1(C)C2CC3CC(C2)CC1C3)C(=O)Oc1ccc(C=CC=Cc2ccccc2)cc1. The smallest absolute Gasteiger partial charge is 0.338 e. The molecule has 0 aliphatic heterocycles. The maximum absolute atomic E-state index is 12.8. The Morgan fingerprint density at radius 1 is 0.879 bits per heavy atom. The Morgan fingerprint density at radius 3 is 2.00 bits per heavy atom. The maximum Gasteiger partial charge on any atom is 0.338 e. The van der Waals surface area contributed by atoms with Crippen molar-refractivity contribution in [1.82, 2.24) is 0 Å². The third-order valence-electron chi connectivity index (χ3n) is 8.46. The van der Waals surface area contributed by atoms with Crippen LogP contribution in [0.15, 0.2) is 78.9 Å². The van der Waals surface area contributed by atoms with E-state index in [1.807, 2.05) is 60.7 Å². The van der Waals surface area contributed by atoms with Crippen molar-refractivity contribution in [2.45, 2.75) is 45.4 Å². The molecule has 6 rings (SSSR count). The molecule has 0 spiro atoms. The Kier molecular flexibility index (Phi) is 6.10. The zero-order valence-corrected chi connectivity index (χ0v) is 19.6. The van der Waals surface area contributed by atoms with Crippen LogP contribution >= 0.6 is 0 Å². The molecule has 0 N–H and O–H groups in total. The minimum Gasteiger partial charge on any atom is -0.423 e. The second-order valence-corrected chi connectivity index (χ2v) is 10.7. The number of hydrogen-bond donors (Lipinski definition) is 0. The van der Waals surface area contributed by atoms with Crippen LogP contribution in [0.2, 0.25) is 0 Å². The first-order chi connectivity index (χ1) is 16.0. The molecule has 2 nitrogen and oxygen atoms in total. The lowest BCUT2D eigenvalue weighted by Gasteiger charge is -2.60. The summed E-state index contributed by atoms with van der Waals surface area (Å²) < 4.78 is 5.68. The van der Waals surface area contributed by atoms with E-state index >= 15 is 0 Å². The Labute approximate surface area is 198 Å². The number of esters is 1. The van der Waals surface area contributed by atoms with Gasteiger partial charge in [-0.15, -0.1) is 0 Å². The van der Waals surface area contributed by atoms with E-state index in [9.17, 15) is 4.79 Å². The van der Waals surface area contributed by atoms with Gasteiger partial charge in [0.25, 0.3) is 0 Å². The fraction of sp³-hybridized carbons (Fsp3) is 0.387. The topological polar surface area (TPSA) is 26.3 Å². The van der Waals surface area contributed by atoms with Gasteiger partial charge in [0, 0.05) is 5.57 Å². The molecule has 2 aromatic rings. The van der Waals surface area contributed by atoms with Gasteiger partial charge >= 0.3 is 5.97 Å². The highest BCUT2D eigenvalue weighted by molar-refractivity contribution is 5.89. The van der Waals surface area contributed by atoms with Gasteiger partial charge in [0.2, 0.25) is 0 Å². The fourth-order valence-electron chi connectivity index (χ4n) is 6.81. The number of carbonyl (C=O) groups is 1. The maximum atomic E-state index is 12.8. The quantitative estimate of drug-likeness (QED) is 0.191. The van der Waals surface area contributed by atoms with Gasteiger partial charge in [-0.05, 0) is 90.9 Å². The lowest BCUT2D eigenvalue weighted by molar-refractivity contribution is -0.132. The molecule has 4 fully saturated rings. The summed E-state index contributed by atoms with van der Waals surface area (Å²) in [4.78, 5) is 12.8. The molecule has 4 aliphatic rings. The largest absolute Gasteiger partial charge is 0.423 e. The summed E-state index contributed by atoms with van der Waals surface area (Å²) in [6.45, 7) is 6.56. The van der Waals surface area contributed by atoms with Gasteiger partial charge in [0.15, 0.2) is 0 Å². The molecule has 0 amide bonds. The first-order valence-electron chi connectivity index (χ1n) is 12.4. The molecule has 4 bridgehead atoms. The van der Waals surface area contributed by atoms with Crippen molar-refractivity contribution in [3.8, 4) is 5.75 Å². The fourth-order valence-corrected chi connectivity index (χ4v) is 6.81. The predicted molar refractivity (Wildman–Crippen MR) is 135 cm³/mol. The second-order valence-electron chi connectivity index (χ2n) is 10.7. The number of carbonyl (C=O) groups excluding carboxylic acids is 1. The van der Waals surface area contributed by atoms with Crippen molar-refractivity contribution >= 4 is 18.1 Å². The molecular formula is C31H34O2. The highest BCUT2D eigenvalue weighted by Crippen LogP contribution is 2.63. The van der Waals surface area contributed by atoms with Crippen LogP contribution in [0.1, 0.15) is 56.6 Å². The van der Waals surface area contributed by atoms with Gasteiger partial charge in [-0.3, -0.25) is 0 Å². The van der Waals surface area contributed by atoms with E-state index in [4.69, 9.17) is 4.74 Å². The Bertz CT molecular complexity index is 1030. The average molecular weight is 439 g/mol. The molecule has 2 heteroatoms. The second kappa shape index (κ2) is 9.17. The van der Waals surface area contributed by atoms with Crippen molar-refractivity contribution in [3.05, 3.63) is 90.0 Å². The molecule has 0 heterocycles. The molecule has 4 aliphatic carbocycles. The van der Waals surface area contributed by atoms with Crippen LogP contribution in [0.3, 0.4) is 0 Å². The molecule has 0 saturated heterocycles. The highest BCUT2D eigenvalue weighted by atomic mass is 16.5. The van der Waals surface area contributed by atoms with Gasteiger partial charge in [-0.2, -0.15) is 0 Å². The standard InChI is InChI=1S/C31H34O2/c1-22(21-31(2)27-17-25-16-26(19-27)20-28(31)18-25)30(32)33-29-14-12-24(13-15-29)11-7-6-10-23-8-4-3-5-9-23/h3-15,25-28H,1,16-21H2,2H3. The van der Waals surface area contributed by atoms with E-state index in [0.29, 0.717) is 11.3 Å². The number of hydrogen-bond acceptors (Lipinski definition) is 2.